The van der Waals surface area contributed by atoms with E-state index in [1.54, 1.807) is 0 Å². The van der Waals surface area contributed by atoms with Crippen molar-refractivity contribution in [2.45, 2.75) is 63.0 Å². The van der Waals surface area contributed by atoms with Gasteiger partial charge in [0.15, 0.2) is 0 Å². The van der Waals surface area contributed by atoms with Gasteiger partial charge in [-0.3, -0.25) is 0 Å². The topological polar surface area (TPSA) is 0 Å². The number of hydrogen-bond donors (Lipinski definition) is 0. The minimum Gasteiger partial charge on any atom is -0.110 e. The van der Waals surface area contributed by atoms with E-state index in [2.05, 4.69) is 54.9 Å². The molecule has 90 valence electrons. The van der Waals surface area contributed by atoms with Crippen LogP contribution in [0.4, 0.5) is 0 Å². The fourth-order valence-electron chi connectivity index (χ4n) is 1.35. The molecule has 0 spiro atoms. The van der Waals surface area contributed by atoms with Gasteiger partial charge in [-0.25, -0.2) is 0 Å². The average Bonchev–Trinajstić information content (AvgIpc) is 2.10. The Morgan fingerprint density at radius 3 is 1.00 bits per heavy atom. The summed E-state index contributed by atoms with van der Waals surface area (Å²) in [6, 6.07) is 0. The predicted molar refractivity (Wildman–Crippen MR) is 84.3 cm³/mol. The maximum Gasteiger partial charge on any atom is 0.0761 e. The molecule has 0 aromatic carbocycles. The lowest BCUT2D eigenvalue weighted by Crippen LogP contribution is -2.33. The molecule has 4 radical (unpaired) electrons. The second-order valence-corrected chi connectivity index (χ2v) is 12.9. The minimum absolute atomic E-state index is 0.158. The highest BCUT2D eigenvalue weighted by Gasteiger charge is 2.33. The van der Waals surface area contributed by atoms with Crippen LogP contribution < -0.4 is 0 Å². The van der Waals surface area contributed by atoms with E-state index >= 15 is 0 Å². The zero-order valence-corrected chi connectivity index (χ0v) is 14.0. The van der Waals surface area contributed by atoms with Crippen molar-refractivity contribution >= 4 is 31.5 Å². The zero-order chi connectivity index (χ0) is 13.3. The summed E-state index contributed by atoms with van der Waals surface area (Å²) in [5.41, 5.74) is 0.315. The quantitative estimate of drug-likeness (QED) is 0.530. The third kappa shape index (κ3) is 4.70. The molecule has 16 heavy (non-hydrogen) atoms. The first-order valence-corrected chi connectivity index (χ1v) is 9.57. The Bertz CT molecular complexity index is 194. The lowest BCUT2D eigenvalue weighted by Gasteiger charge is -2.43. The van der Waals surface area contributed by atoms with Crippen LogP contribution in [0.3, 0.4) is 0 Å². The van der Waals surface area contributed by atoms with E-state index in [4.69, 9.17) is 15.7 Å². The van der Waals surface area contributed by atoms with Gasteiger partial charge in [0.1, 0.15) is 0 Å². The van der Waals surface area contributed by atoms with Gasteiger partial charge in [0.25, 0.3) is 0 Å². The first-order chi connectivity index (χ1) is 6.89. The predicted octanol–water partition coefficient (Wildman–Crippen LogP) is 3.80. The Morgan fingerprint density at radius 2 is 0.875 bits per heavy atom. The van der Waals surface area contributed by atoms with Crippen LogP contribution in [0.25, 0.3) is 0 Å². The van der Waals surface area contributed by atoms with E-state index in [-0.39, 0.29) is 27.0 Å². The fraction of sp³-hybridized carbons (Fsp3) is 1.00. The summed E-state index contributed by atoms with van der Waals surface area (Å²) in [5.74, 6) is 0. The first-order valence-electron chi connectivity index (χ1n) is 5.86. The number of hydrogen-bond acceptors (Lipinski definition) is 0. The average molecular weight is 254 g/mol. The molecule has 0 aliphatic heterocycles. The summed E-state index contributed by atoms with van der Waals surface area (Å²) in [5, 5.41) is 0.584. The van der Waals surface area contributed by atoms with Crippen molar-refractivity contribution < 1.29 is 0 Å². The van der Waals surface area contributed by atoms with Gasteiger partial charge in [0.05, 0.1) is 15.7 Å². The molecule has 0 heterocycles. The summed E-state index contributed by atoms with van der Waals surface area (Å²) >= 11 is 0. The second kappa shape index (κ2) is 5.75. The van der Waals surface area contributed by atoms with Crippen molar-refractivity contribution in [3.63, 3.8) is 0 Å². The van der Waals surface area contributed by atoms with Crippen molar-refractivity contribution in [3.8, 4) is 0 Å². The first kappa shape index (κ1) is 17.0. The van der Waals surface area contributed by atoms with Crippen LogP contribution in [-0.2, 0) is 0 Å². The van der Waals surface area contributed by atoms with Crippen LogP contribution >= 0.6 is 15.8 Å². The molecule has 0 aliphatic carbocycles. The van der Waals surface area contributed by atoms with Crippen LogP contribution in [0, 0.1) is 0 Å². The molecule has 0 aliphatic rings. The molecule has 0 bridgehead atoms. The van der Waals surface area contributed by atoms with Gasteiger partial charge in [-0.05, 0) is 23.6 Å². The van der Waals surface area contributed by atoms with Crippen LogP contribution in [0.2, 0.25) is 0 Å². The van der Waals surface area contributed by atoms with Crippen molar-refractivity contribution in [2.24, 2.45) is 0 Å². The van der Waals surface area contributed by atoms with E-state index in [1.165, 1.54) is 0 Å². The fourth-order valence-corrected chi connectivity index (χ4v) is 5.26. The van der Waals surface area contributed by atoms with Crippen LogP contribution in [0.5, 0.6) is 0 Å². The standard InChI is InChI=1S/C12H26B2P2/c1-11(2,3)15(7)9(13)10(14)16(8)12(4,5)6/h9-10H,1-8H3/t9-,10-,15?,16?/m1/s1. The molecule has 0 fully saturated rings. The smallest absolute Gasteiger partial charge is 0.0761 e. The Balaban J connectivity index is 4.68. The monoisotopic (exact) mass is 254 g/mol. The molecule has 0 amide bonds. The van der Waals surface area contributed by atoms with Gasteiger partial charge in [-0.1, -0.05) is 52.7 Å². The minimum atomic E-state index is -0.233. The van der Waals surface area contributed by atoms with Crippen molar-refractivity contribution in [3.05, 3.63) is 0 Å². The highest BCUT2D eigenvalue weighted by atomic mass is 31.1. The van der Waals surface area contributed by atoms with Crippen LogP contribution in [0.15, 0.2) is 0 Å². The lowest BCUT2D eigenvalue weighted by molar-refractivity contribution is 0.770. The maximum absolute atomic E-state index is 6.36. The molecule has 0 nitrogen and oxygen atoms in total. The maximum atomic E-state index is 6.36. The van der Waals surface area contributed by atoms with Crippen LogP contribution in [-0.4, -0.2) is 50.5 Å². The normalized spacial score (nSPS) is 21.2. The van der Waals surface area contributed by atoms with E-state index in [0.29, 0.717) is 10.3 Å². The molecule has 2 unspecified atom stereocenters. The molecular formula is C12H26B2P2. The van der Waals surface area contributed by atoms with E-state index in [1.807, 2.05) is 0 Å². The molecule has 0 aromatic heterocycles. The summed E-state index contributed by atoms with van der Waals surface area (Å²) in [7, 11) is 12.3. The molecule has 4 atom stereocenters. The zero-order valence-electron chi connectivity index (χ0n) is 12.2. The Kier molecular flexibility index (Phi) is 6.11. The van der Waals surface area contributed by atoms with Gasteiger partial charge < -0.3 is 0 Å². The molecule has 0 saturated heterocycles. The Hall–Kier alpha value is 0.990. The third-order valence-electron chi connectivity index (χ3n) is 3.36. The number of rotatable bonds is 3. The van der Waals surface area contributed by atoms with E-state index in [0.717, 1.165) is 0 Å². The molecule has 0 N–H and O–H groups in total. The Morgan fingerprint density at radius 1 is 0.688 bits per heavy atom. The largest absolute Gasteiger partial charge is 0.110 e. The second-order valence-electron chi connectivity index (χ2n) is 6.54. The van der Waals surface area contributed by atoms with Gasteiger partial charge in [0, 0.05) is 0 Å². The Labute approximate surface area is 108 Å². The van der Waals surface area contributed by atoms with E-state index < -0.39 is 0 Å². The SMILES string of the molecule is [B][C@@H]([C@H]([B])P(C)C(C)(C)C)P(C)C(C)(C)C. The molecule has 0 saturated carbocycles. The molecular weight excluding hydrogens is 228 g/mol. The summed E-state index contributed by atoms with van der Waals surface area (Å²) < 4.78 is 0. The van der Waals surface area contributed by atoms with Crippen molar-refractivity contribution in [1.82, 2.24) is 0 Å². The summed E-state index contributed by atoms with van der Waals surface area (Å²) in [6.07, 6.45) is 0. The summed E-state index contributed by atoms with van der Waals surface area (Å²) in [4.78, 5) is 0. The van der Waals surface area contributed by atoms with Crippen molar-refractivity contribution in [2.75, 3.05) is 13.3 Å². The highest BCUT2D eigenvalue weighted by Crippen LogP contribution is 2.58. The van der Waals surface area contributed by atoms with Gasteiger partial charge in [-0.2, -0.15) is 0 Å². The van der Waals surface area contributed by atoms with Gasteiger partial charge in [0.2, 0.25) is 0 Å². The van der Waals surface area contributed by atoms with Gasteiger partial charge in [-0.15, -0.1) is 15.8 Å². The molecule has 4 heteroatoms. The third-order valence-corrected chi connectivity index (χ3v) is 10.3. The lowest BCUT2D eigenvalue weighted by atomic mass is 9.88. The molecule has 0 rings (SSSR count). The van der Waals surface area contributed by atoms with Crippen LogP contribution in [0.1, 0.15) is 41.5 Å². The van der Waals surface area contributed by atoms with Crippen molar-refractivity contribution in [1.29, 1.82) is 0 Å². The van der Waals surface area contributed by atoms with E-state index in [9.17, 15) is 0 Å². The summed E-state index contributed by atoms with van der Waals surface area (Å²) in [6.45, 7) is 18.2. The van der Waals surface area contributed by atoms with Gasteiger partial charge >= 0.3 is 0 Å². The highest BCUT2D eigenvalue weighted by molar-refractivity contribution is 7.65. The molecule has 0 aromatic rings.